The Labute approximate surface area is 105 Å². The zero-order chi connectivity index (χ0) is 13.1. The van der Waals surface area contributed by atoms with E-state index in [0.29, 0.717) is 18.7 Å². The van der Waals surface area contributed by atoms with Crippen molar-refractivity contribution in [2.75, 3.05) is 13.1 Å². The fraction of sp³-hybridized carbons (Fsp3) is 0.500. The number of aromatic nitrogens is 2. The van der Waals surface area contributed by atoms with E-state index >= 15 is 0 Å². The van der Waals surface area contributed by atoms with Crippen LogP contribution < -0.4 is 0 Å². The highest BCUT2D eigenvalue weighted by molar-refractivity contribution is 5.86. The average Bonchev–Trinajstić information content (AvgIpc) is 2.78. The number of hydrogen-bond donors (Lipinski definition) is 1. The molecule has 0 aromatic carbocycles. The van der Waals surface area contributed by atoms with Crippen LogP contribution in [-0.4, -0.2) is 44.9 Å². The first-order chi connectivity index (χ1) is 8.58. The first-order valence-electron chi connectivity index (χ1n) is 5.86. The molecule has 6 nitrogen and oxygen atoms in total. The number of carbonyl (C=O) groups excluding carboxylic acids is 1. The van der Waals surface area contributed by atoms with Crippen LogP contribution in [0.25, 0.3) is 0 Å². The molecule has 1 amide bonds. The summed E-state index contributed by atoms with van der Waals surface area (Å²) in [4.78, 5) is 31.9. The maximum Gasteiger partial charge on any atom is 0.356 e. The van der Waals surface area contributed by atoms with Crippen molar-refractivity contribution in [2.45, 2.75) is 19.8 Å². The second-order valence-corrected chi connectivity index (χ2v) is 4.48. The molecule has 1 aliphatic heterocycles. The first kappa shape index (κ1) is 12.5. The molecule has 1 atom stereocenters. The molecule has 0 bridgehead atoms. The van der Waals surface area contributed by atoms with E-state index in [2.05, 4.69) is 9.97 Å². The van der Waals surface area contributed by atoms with Crippen molar-refractivity contribution >= 4 is 11.9 Å². The van der Waals surface area contributed by atoms with Gasteiger partial charge in [-0.3, -0.25) is 9.78 Å². The lowest BCUT2D eigenvalue weighted by molar-refractivity contribution is -0.127. The maximum absolute atomic E-state index is 11.2. The predicted molar refractivity (Wildman–Crippen MR) is 63.1 cm³/mol. The number of nitrogens with zero attached hydrogens (tertiary/aromatic N) is 3. The molecule has 1 fully saturated rings. The number of rotatable bonds is 3. The summed E-state index contributed by atoms with van der Waals surface area (Å²) in [7, 11) is 0. The molecule has 0 aliphatic carbocycles. The number of hydrogen-bond acceptors (Lipinski definition) is 4. The molecule has 0 spiro atoms. The zero-order valence-corrected chi connectivity index (χ0v) is 10.2. The SMILES string of the molecule is CC(=O)N1CCC(Cc2nccnc2C(=O)O)C1. The van der Waals surface area contributed by atoms with Crippen LogP contribution in [0.15, 0.2) is 12.4 Å². The average molecular weight is 249 g/mol. The van der Waals surface area contributed by atoms with Gasteiger partial charge in [-0.15, -0.1) is 0 Å². The number of amides is 1. The lowest BCUT2D eigenvalue weighted by atomic mass is 10.0. The van der Waals surface area contributed by atoms with E-state index < -0.39 is 5.97 Å². The van der Waals surface area contributed by atoms with Crippen molar-refractivity contribution in [1.82, 2.24) is 14.9 Å². The summed E-state index contributed by atoms with van der Waals surface area (Å²) in [5, 5.41) is 9.01. The minimum absolute atomic E-state index is 0.0128. The Hall–Kier alpha value is -1.98. The van der Waals surface area contributed by atoms with E-state index in [1.165, 1.54) is 12.4 Å². The number of carboxylic acid groups (broad SMARTS) is 1. The van der Waals surface area contributed by atoms with Gasteiger partial charge in [0.05, 0.1) is 5.69 Å². The van der Waals surface area contributed by atoms with Crippen LogP contribution in [0.3, 0.4) is 0 Å². The molecule has 1 N–H and O–H groups in total. The second kappa shape index (κ2) is 5.12. The Morgan fingerprint density at radius 2 is 2.17 bits per heavy atom. The Morgan fingerprint density at radius 1 is 1.44 bits per heavy atom. The third kappa shape index (κ3) is 2.64. The van der Waals surface area contributed by atoms with Crippen LogP contribution in [0, 0.1) is 5.92 Å². The Kier molecular flexibility index (Phi) is 3.55. The van der Waals surface area contributed by atoms with Crippen LogP contribution in [-0.2, 0) is 11.2 Å². The predicted octanol–water partition coefficient (Wildman–Crippen LogP) is 0.586. The van der Waals surface area contributed by atoms with Gasteiger partial charge in [0.25, 0.3) is 0 Å². The van der Waals surface area contributed by atoms with Crippen molar-refractivity contribution < 1.29 is 14.7 Å². The summed E-state index contributed by atoms with van der Waals surface area (Å²) < 4.78 is 0. The molecule has 1 aliphatic rings. The normalized spacial score (nSPS) is 18.9. The van der Waals surface area contributed by atoms with Crippen LogP contribution in [0.4, 0.5) is 0 Å². The Morgan fingerprint density at radius 3 is 2.78 bits per heavy atom. The monoisotopic (exact) mass is 249 g/mol. The van der Waals surface area contributed by atoms with Gasteiger partial charge in [0.2, 0.25) is 5.91 Å². The van der Waals surface area contributed by atoms with Crippen molar-refractivity contribution in [3.8, 4) is 0 Å². The molecule has 1 aromatic heterocycles. The molecule has 96 valence electrons. The molecule has 0 saturated carbocycles. The highest BCUT2D eigenvalue weighted by Gasteiger charge is 2.26. The Balaban J connectivity index is 2.07. The molecule has 1 saturated heterocycles. The smallest absolute Gasteiger partial charge is 0.356 e. The van der Waals surface area contributed by atoms with Crippen LogP contribution in [0.5, 0.6) is 0 Å². The molecule has 2 rings (SSSR count). The quantitative estimate of drug-likeness (QED) is 0.847. The van der Waals surface area contributed by atoms with Gasteiger partial charge in [-0.05, 0) is 18.8 Å². The van der Waals surface area contributed by atoms with Gasteiger partial charge in [0.15, 0.2) is 5.69 Å². The standard InChI is InChI=1S/C12H15N3O3/c1-8(16)15-5-2-9(7-15)6-10-11(12(17)18)14-4-3-13-10/h3-4,9H,2,5-7H2,1H3,(H,17,18). The summed E-state index contributed by atoms with van der Waals surface area (Å²) in [5.41, 5.74) is 0.513. The molecule has 1 aromatic rings. The molecule has 18 heavy (non-hydrogen) atoms. The molecular formula is C12H15N3O3. The van der Waals surface area contributed by atoms with E-state index in [0.717, 1.165) is 13.0 Å². The highest BCUT2D eigenvalue weighted by atomic mass is 16.4. The van der Waals surface area contributed by atoms with E-state index in [4.69, 9.17) is 5.11 Å². The number of likely N-dealkylation sites (tertiary alicyclic amines) is 1. The maximum atomic E-state index is 11.2. The van der Waals surface area contributed by atoms with Crippen molar-refractivity contribution in [1.29, 1.82) is 0 Å². The number of carbonyl (C=O) groups is 2. The van der Waals surface area contributed by atoms with E-state index in [9.17, 15) is 9.59 Å². The minimum atomic E-state index is -1.06. The van der Waals surface area contributed by atoms with Crippen LogP contribution in [0.2, 0.25) is 0 Å². The summed E-state index contributed by atoms with van der Waals surface area (Å²) in [6.07, 6.45) is 4.32. The minimum Gasteiger partial charge on any atom is -0.476 e. The molecule has 2 heterocycles. The van der Waals surface area contributed by atoms with Crippen molar-refractivity contribution in [3.05, 3.63) is 23.8 Å². The van der Waals surface area contributed by atoms with Gasteiger partial charge >= 0.3 is 5.97 Å². The van der Waals surface area contributed by atoms with E-state index in [1.807, 2.05) is 0 Å². The molecule has 6 heteroatoms. The van der Waals surface area contributed by atoms with E-state index in [1.54, 1.807) is 11.8 Å². The number of aromatic carboxylic acids is 1. The molecule has 0 radical (unpaired) electrons. The third-order valence-corrected chi connectivity index (χ3v) is 3.19. The van der Waals surface area contributed by atoms with Gasteiger partial charge < -0.3 is 10.0 Å². The molecular weight excluding hydrogens is 234 g/mol. The fourth-order valence-electron chi connectivity index (χ4n) is 2.25. The lowest BCUT2D eigenvalue weighted by Gasteiger charge is -2.14. The van der Waals surface area contributed by atoms with Crippen LogP contribution in [0.1, 0.15) is 29.5 Å². The highest BCUT2D eigenvalue weighted by Crippen LogP contribution is 2.21. The summed E-state index contributed by atoms with van der Waals surface area (Å²) >= 11 is 0. The summed E-state index contributed by atoms with van der Waals surface area (Å²) in [6.45, 7) is 2.96. The van der Waals surface area contributed by atoms with Gasteiger partial charge in [0.1, 0.15) is 0 Å². The molecule has 1 unspecified atom stereocenters. The topological polar surface area (TPSA) is 83.4 Å². The van der Waals surface area contributed by atoms with Gasteiger partial charge in [-0.25, -0.2) is 9.78 Å². The Bertz CT molecular complexity index is 475. The zero-order valence-electron chi connectivity index (χ0n) is 10.2. The third-order valence-electron chi connectivity index (χ3n) is 3.19. The largest absolute Gasteiger partial charge is 0.476 e. The van der Waals surface area contributed by atoms with Crippen molar-refractivity contribution in [3.63, 3.8) is 0 Å². The van der Waals surface area contributed by atoms with Crippen LogP contribution >= 0.6 is 0 Å². The number of carboxylic acids is 1. The van der Waals surface area contributed by atoms with Gasteiger partial charge in [-0.1, -0.05) is 0 Å². The van der Waals surface area contributed by atoms with Gasteiger partial charge in [-0.2, -0.15) is 0 Å². The first-order valence-corrected chi connectivity index (χ1v) is 5.86. The van der Waals surface area contributed by atoms with E-state index in [-0.39, 0.29) is 17.5 Å². The fourth-order valence-corrected chi connectivity index (χ4v) is 2.25. The lowest BCUT2D eigenvalue weighted by Crippen LogP contribution is -2.26. The second-order valence-electron chi connectivity index (χ2n) is 4.48. The van der Waals surface area contributed by atoms with Gasteiger partial charge in [0, 0.05) is 32.4 Å². The summed E-state index contributed by atoms with van der Waals surface area (Å²) in [6, 6.07) is 0. The van der Waals surface area contributed by atoms with Crippen molar-refractivity contribution in [2.24, 2.45) is 5.92 Å². The summed E-state index contributed by atoms with van der Waals surface area (Å²) in [5.74, 6) is -0.724.